The molecule has 1 aliphatic rings. The van der Waals surface area contributed by atoms with Gasteiger partial charge in [-0.3, -0.25) is 19.2 Å². The molecule has 4 amide bonds. The number of aryl methyl sites for hydroxylation is 2. The first-order valence-electron chi connectivity index (χ1n) is 16.7. The van der Waals surface area contributed by atoms with E-state index in [4.69, 9.17) is 10.8 Å². The number of rotatable bonds is 20. The number of carbonyl (C=O) groups excluding carboxylic acids is 4. The maximum Gasteiger partial charge on any atom is 0.244 e. The zero-order valence-corrected chi connectivity index (χ0v) is 29.1. The third-order valence-electron chi connectivity index (χ3n) is 8.81. The number of hydrogen-bond acceptors (Lipinski definition) is 8. The van der Waals surface area contributed by atoms with Gasteiger partial charge >= 0.3 is 0 Å². The molecule has 3 atom stereocenters. The molecule has 0 aromatic heterocycles. The summed E-state index contributed by atoms with van der Waals surface area (Å²) in [7, 11) is 1.75. The minimum Gasteiger partial charge on any atom is -0.508 e. The number of aliphatic hydroxyl groups is 1. The number of nitrogens with two attached hydrogens (primary N) is 1. The van der Waals surface area contributed by atoms with Gasteiger partial charge in [-0.2, -0.15) is 11.8 Å². The lowest BCUT2D eigenvalue weighted by Crippen LogP contribution is -2.54. The highest BCUT2D eigenvalue weighted by molar-refractivity contribution is 7.98. The van der Waals surface area contributed by atoms with Crippen molar-refractivity contribution in [2.45, 2.75) is 109 Å². The van der Waals surface area contributed by atoms with Crippen LogP contribution in [0, 0.1) is 19.8 Å². The summed E-state index contributed by atoms with van der Waals surface area (Å²) in [5, 5.41) is 27.1. The number of carbonyl (C=O) groups is 4. The van der Waals surface area contributed by atoms with Crippen molar-refractivity contribution in [2.24, 2.45) is 11.7 Å². The summed E-state index contributed by atoms with van der Waals surface area (Å²) in [6, 6.07) is 0.787. The quantitative estimate of drug-likeness (QED) is 0.116. The number of thioether (sulfide) groups is 1. The number of aliphatic hydroxyl groups excluding tert-OH is 1. The molecule has 1 fully saturated rings. The largest absolute Gasteiger partial charge is 0.508 e. The molecule has 0 aliphatic heterocycles. The highest BCUT2D eigenvalue weighted by atomic mass is 32.2. The molecule has 0 saturated heterocycles. The molecule has 1 aromatic carbocycles. The summed E-state index contributed by atoms with van der Waals surface area (Å²) >= 11 is 1.54. The molecular weight excluding hydrogens is 606 g/mol. The van der Waals surface area contributed by atoms with Crippen molar-refractivity contribution in [1.29, 1.82) is 0 Å². The summed E-state index contributed by atoms with van der Waals surface area (Å²) in [6.07, 6.45) is 12.0. The maximum absolute atomic E-state index is 13.4. The molecule has 0 radical (unpaired) electrons. The van der Waals surface area contributed by atoms with E-state index in [1.807, 2.05) is 20.1 Å². The van der Waals surface area contributed by atoms with Crippen LogP contribution < -0.4 is 21.7 Å². The molecule has 0 spiro atoms. The molecule has 11 nitrogen and oxygen atoms in total. The molecule has 0 heterocycles. The molecule has 12 heteroatoms. The average molecular weight is 664 g/mol. The average Bonchev–Trinajstić information content (AvgIpc) is 3.02. The molecule has 1 aliphatic carbocycles. The lowest BCUT2D eigenvalue weighted by atomic mass is 9.84. The number of nitrogens with one attached hydrogen (secondary N) is 3. The van der Waals surface area contributed by atoms with Gasteiger partial charge in [0, 0.05) is 20.2 Å². The Balaban J connectivity index is 1.99. The topological polar surface area (TPSA) is 174 Å². The van der Waals surface area contributed by atoms with E-state index in [2.05, 4.69) is 16.0 Å². The molecule has 0 bridgehead atoms. The van der Waals surface area contributed by atoms with Crippen LogP contribution in [0.5, 0.6) is 5.75 Å². The highest BCUT2D eigenvalue weighted by Gasteiger charge is 2.29. The van der Waals surface area contributed by atoms with E-state index < -0.39 is 35.8 Å². The Morgan fingerprint density at radius 1 is 0.978 bits per heavy atom. The van der Waals surface area contributed by atoms with Crippen LogP contribution >= 0.6 is 11.8 Å². The normalized spacial score (nSPS) is 15.4. The summed E-state index contributed by atoms with van der Waals surface area (Å²) < 4.78 is 0. The van der Waals surface area contributed by atoms with E-state index in [1.54, 1.807) is 24.1 Å². The zero-order valence-electron chi connectivity index (χ0n) is 28.2. The minimum atomic E-state index is -0.909. The Morgan fingerprint density at radius 3 is 2.26 bits per heavy atom. The molecule has 1 saturated carbocycles. The second-order valence-electron chi connectivity index (χ2n) is 12.7. The molecular formula is C34H57N5O6S. The van der Waals surface area contributed by atoms with Gasteiger partial charge in [-0.1, -0.05) is 44.9 Å². The van der Waals surface area contributed by atoms with Gasteiger partial charge in [-0.25, -0.2) is 0 Å². The van der Waals surface area contributed by atoms with Crippen molar-refractivity contribution >= 4 is 35.4 Å². The zero-order chi connectivity index (χ0) is 34.1. The van der Waals surface area contributed by atoms with Crippen molar-refractivity contribution in [3.8, 4) is 5.75 Å². The molecule has 1 aromatic rings. The summed E-state index contributed by atoms with van der Waals surface area (Å²) in [6.45, 7) is 4.11. The number of amides is 4. The fourth-order valence-corrected chi connectivity index (χ4v) is 6.56. The SMILES string of the molecule is CSCC[C@@H](NC(=O)[C@H](N)Cc1c(C)cc(O)cc1C)C(=O)NCC(=O)N[C@@H](CC1CCCCC1)C(=O)N(C)CCCCCCO. The van der Waals surface area contributed by atoms with Gasteiger partial charge < -0.3 is 36.8 Å². The number of benzene rings is 1. The fourth-order valence-electron chi connectivity index (χ4n) is 6.09. The number of unbranched alkanes of at least 4 members (excludes halogenated alkanes) is 3. The number of aromatic hydroxyl groups is 1. The minimum absolute atomic E-state index is 0.134. The van der Waals surface area contributed by atoms with Crippen molar-refractivity contribution in [1.82, 2.24) is 20.9 Å². The van der Waals surface area contributed by atoms with Crippen LogP contribution in [0.4, 0.5) is 0 Å². The fraction of sp³-hybridized carbons (Fsp3) is 0.706. The van der Waals surface area contributed by atoms with Gasteiger partial charge in [0.2, 0.25) is 23.6 Å². The first-order valence-corrected chi connectivity index (χ1v) is 18.1. The van der Waals surface area contributed by atoms with E-state index in [9.17, 15) is 24.3 Å². The molecule has 260 valence electrons. The third-order valence-corrected chi connectivity index (χ3v) is 9.46. The first kappa shape index (κ1) is 39.3. The summed E-state index contributed by atoms with van der Waals surface area (Å²) in [5.74, 6) is -0.432. The van der Waals surface area contributed by atoms with Crippen LogP contribution in [-0.4, -0.2) is 95.6 Å². The smallest absolute Gasteiger partial charge is 0.244 e. The van der Waals surface area contributed by atoms with E-state index in [-0.39, 0.29) is 31.2 Å². The second-order valence-corrected chi connectivity index (χ2v) is 13.7. The van der Waals surface area contributed by atoms with Crippen LogP contribution in [-0.2, 0) is 25.6 Å². The second kappa shape index (κ2) is 21.1. The first-order chi connectivity index (χ1) is 22.0. The lowest BCUT2D eigenvalue weighted by Gasteiger charge is -2.29. The predicted octanol–water partition coefficient (Wildman–Crippen LogP) is 2.70. The lowest BCUT2D eigenvalue weighted by molar-refractivity contribution is -0.136. The maximum atomic E-state index is 13.4. The molecule has 7 N–H and O–H groups in total. The van der Waals surface area contributed by atoms with Gasteiger partial charge in [-0.05, 0) is 92.7 Å². The number of phenols is 1. The number of likely N-dealkylation sites (N-methyl/N-ethyl adjacent to an activating group) is 1. The van der Waals surface area contributed by atoms with Gasteiger partial charge in [0.15, 0.2) is 0 Å². The van der Waals surface area contributed by atoms with E-state index in [0.29, 0.717) is 31.1 Å². The third kappa shape index (κ3) is 13.9. The van der Waals surface area contributed by atoms with Gasteiger partial charge in [0.1, 0.15) is 17.8 Å². The summed E-state index contributed by atoms with van der Waals surface area (Å²) in [4.78, 5) is 54.4. The Morgan fingerprint density at radius 2 is 1.63 bits per heavy atom. The Bertz CT molecular complexity index is 1110. The molecule has 46 heavy (non-hydrogen) atoms. The van der Waals surface area contributed by atoms with Gasteiger partial charge in [-0.15, -0.1) is 0 Å². The molecule has 0 unspecified atom stereocenters. The van der Waals surface area contributed by atoms with Crippen LogP contribution in [0.25, 0.3) is 0 Å². The van der Waals surface area contributed by atoms with Gasteiger partial charge in [0.05, 0.1) is 12.6 Å². The number of hydrogen-bond donors (Lipinski definition) is 6. The Labute approximate surface area is 279 Å². The standard InChI is InChI=1S/C34H57N5O6S/c1-23-18-26(41)19-24(2)27(23)21-28(35)32(43)38-29(14-17-46-4)33(44)36-22-31(42)37-30(20-25-12-8-7-9-13-25)34(45)39(3)15-10-5-6-11-16-40/h18-19,25,28-30,40-41H,5-17,20-22,35H2,1-4H3,(H,36,44)(H,37,42)(H,38,43)/t28-,29-,30+/m1/s1. The highest BCUT2D eigenvalue weighted by Crippen LogP contribution is 2.28. The number of nitrogens with zero attached hydrogens (tertiary/aromatic N) is 1. The van der Waals surface area contributed by atoms with Crippen molar-refractivity contribution in [2.75, 3.05) is 38.8 Å². The Hall–Kier alpha value is -2.83. The summed E-state index contributed by atoms with van der Waals surface area (Å²) in [5.41, 5.74) is 8.76. The predicted molar refractivity (Wildman–Crippen MR) is 184 cm³/mol. The van der Waals surface area contributed by atoms with Crippen LogP contribution in [0.2, 0.25) is 0 Å². The monoisotopic (exact) mass is 663 g/mol. The number of phenolic OH excluding ortho intramolecular Hbond substituents is 1. The van der Waals surface area contributed by atoms with Crippen molar-refractivity contribution in [3.63, 3.8) is 0 Å². The van der Waals surface area contributed by atoms with Crippen LogP contribution in [0.1, 0.15) is 87.3 Å². The van der Waals surface area contributed by atoms with E-state index in [1.165, 1.54) is 18.2 Å². The van der Waals surface area contributed by atoms with E-state index >= 15 is 0 Å². The van der Waals surface area contributed by atoms with Crippen molar-refractivity contribution < 1.29 is 29.4 Å². The van der Waals surface area contributed by atoms with Crippen molar-refractivity contribution in [3.05, 3.63) is 28.8 Å². The molecule has 2 rings (SSSR count). The van der Waals surface area contributed by atoms with Crippen LogP contribution in [0.3, 0.4) is 0 Å². The van der Waals surface area contributed by atoms with Crippen LogP contribution in [0.15, 0.2) is 12.1 Å². The van der Waals surface area contributed by atoms with Gasteiger partial charge in [0.25, 0.3) is 0 Å². The Kier molecular flexibility index (Phi) is 18.1. The van der Waals surface area contributed by atoms with E-state index in [0.717, 1.165) is 68.1 Å².